The third-order valence-electron chi connectivity index (χ3n) is 4.05. The van der Waals surface area contributed by atoms with E-state index < -0.39 is 10.0 Å². The molecule has 2 saturated carbocycles. The molecule has 106 valence electrons. The predicted octanol–water partition coefficient (Wildman–Crippen LogP) is 1.45. The molecule has 1 aromatic rings. The lowest BCUT2D eigenvalue weighted by molar-refractivity contribution is 0.356. The van der Waals surface area contributed by atoms with E-state index in [-0.39, 0.29) is 5.09 Å². The Hall–Kier alpha value is -0.850. The Bertz CT molecular complexity index is 532. The molecule has 1 aromatic heterocycles. The van der Waals surface area contributed by atoms with Crippen molar-refractivity contribution in [1.82, 2.24) is 5.32 Å². The summed E-state index contributed by atoms with van der Waals surface area (Å²) in [7, 11) is -3.72. The molecule has 0 atom stereocenters. The van der Waals surface area contributed by atoms with Crippen molar-refractivity contribution in [3.8, 4) is 0 Å². The number of nitrogens with two attached hydrogens (primary N) is 1. The SMILES string of the molecule is NS(=O)(=O)c1ccc(CNCC(C2CC2)C2CC2)o1. The number of primary sulfonamides is 1. The van der Waals surface area contributed by atoms with Gasteiger partial charge in [0.25, 0.3) is 10.0 Å². The standard InChI is InChI=1S/C13H20N2O3S/c14-19(16,17)13-6-5-11(18-13)7-15-8-12(9-1-2-9)10-3-4-10/h5-6,9-10,12,15H,1-4,7-8H2,(H2,14,16,17). The third-order valence-corrected chi connectivity index (χ3v) is 4.83. The van der Waals surface area contributed by atoms with E-state index in [1.807, 2.05) is 0 Å². The minimum absolute atomic E-state index is 0.162. The average molecular weight is 284 g/mol. The highest BCUT2D eigenvalue weighted by atomic mass is 32.2. The third kappa shape index (κ3) is 3.38. The van der Waals surface area contributed by atoms with Crippen molar-refractivity contribution in [3.05, 3.63) is 17.9 Å². The molecular formula is C13H20N2O3S. The molecule has 0 bridgehead atoms. The molecule has 0 aromatic carbocycles. The molecule has 0 radical (unpaired) electrons. The van der Waals surface area contributed by atoms with Gasteiger partial charge in [-0.3, -0.25) is 0 Å². The summed E-state index contributed by atoms with van der Waals surface area (Å²) in [6.45, 7) is 1.56. The zero-order chi connectivity index (χ0) is 13.5. The van der Waals surface area contributed by atoms with Crippen LogP contribution in [0.1, 0.15) is 31.4 Å². The molecule has 1 heterocycles. The summed E-state index contributed by atoms with van der Waals surface area (Å²) in [5.41, 5.74) is 0. The van der Waals surface area contributed by atoms with Gasteiger partial charge < -0.3 is 9.73 Å². The van der Waals surface area contributed by atoms with Gasteiger partial charge in [0.2, 0.25) is 5.09 Å². The van der Waals surface area contributed by atoms with Crippen molar-refractivity contribution in [2.24, 2.45) is 22.9 Å². The molecule has 0 aliphatic heterocycles. The van der Waals surface area contributed by atoms with Crippen molar-refractivity contribution < 1.29 is 12.8 Å². The van der Waals surface area contributed by atoms with Crippen LogP contribution in [0, 0.1) is 17.8 Å². The Labute approximate surface area is 113 Å². The molecule has 3 N–H and O–H groups in total. The fourth-order valence-corrected chi connectivity index (χ4v) is 3.22. The molecule has 19 heavy (non-hydrogen) atoms. The van der Waals surface area contributed by atoms with Gasteiger partial charge in [-0.05, 0) is 62.1 Å². The molecule has 0 spiro atoms. The zero-order valence-corrected chi connectivity index (χ0v) is 11.7. The highest BCUT2D eigenvalue weighted by molar-refractivity contribution is 7.89. The first-order chi connectivity index (χ1) is 9.04. The van der Waals surface area contributed by atoms with Gasteiger partial charge in [-0.15, -0.1) is 0 Å². The van der Waals surface area contributed by atoms with E-state index in [2.05, 4.69) is 5.32 Å². The molecule has 2 aliphatic rings. The number of hydrogen-bond acceptors (Lipinski definition) is 4. The maximum absolute atomic E-state index is 11.1. The van der Waals surface area contributed by atoms with Crippen molar-refractivity contribution in [2.75, 3.05) is 6.54 Å². The van der Waals surface area contributed by atoms with Crippen molar-refractivity contribution in [2.45, 2.75) is 37.3 Å². The molecule has 0 unspecified atom stereocenters. The highest BCUT2D eigenvalue weighted by Gasteiger charge is 2.40. The summed E-state index contributed by atoms with van der Waals surface area (Å²) < 4.78 is 27.4. The summed E-state index contributed by atoms with van der Waals surface area (Å²) in [5, 5.41) is 8.22. The summed E-state index contributed by atoms with van der Waals surface area (Å²) >= 11 is 0. The molecule has 0 saturated heterocycles. The Balaban J connectivity index is 1.50. The van der Waals surface area contributed by atoms with Gasteiger partial charge in [0.1, 0.15) is 5.76 Å². The van der Waals surface area contributed by atoms with Crippen LogP contribution in [-0.2, 0) is 16.6 Å². The normalized spacial score (nSPS) is 20.1. The maximum atomic E-state index is 11.1. The summed E-state index contributed by atoms with van der Waals surface area (Å²) in [6.07, 6.45) is 5.50. The van der Waals surface area contributed by atoms with Crippen LogP contribution in [0.2, 0.25) is 0 Å². The van der Waals surface area contributed by atoms with Crippen molar-refractivity contribution in [3.63, 3.8) is 0 Å². The quantitative estimate of drug-likeness (QED) is 0.793. The maximum Gasteiger partial charge on any atom is 0.271 e. The summed E-state index contributed by atoms with van der Waals surface area (Å²) in [4.78, 5) is 0. The molecular weight excluding hydrogens is 264 g/mol. The second-order valence-electron chi connectivity index (χ2n) is 5.74. The molecule has 3 rings (SSSR count). The van der Waals surface area contributed by atoms with Crippen LogP contribution >= 0.6 is 0 Å². The predicted molar refractivity (Wildman–Crippen MR) is 70.7 cm³/mol. The molecule has 5 nitrogen and oxygen atoms in total. The van der Waals surface area contributed by atoms with Crippen molar-refractivity contribution in [1.29, 1.82) is 0 Å². The van der Waals surface area contributed by atoms with Crippen LogP contribution < -0.4 is 10.5 Å². The Morgan fingerprint density at radius 3 is 2.37 bits per heavy atom. The number of furan rings is 1. The molecule has 2 fully saturated rings. The van der Waals surface area contributed by atoms with Gasteiger partial charge in [0.05, 0.1) is 6.54 Å². The van der Waals surface area contributed by atoms with Crippen molar-refractivity contribution >= 4 is 10.0 Å². The van der Waals surface area contributed by atoms with E-state index in [0.717, 1.165) is 24.3 Å². The lowest BCUT2D eigenvalue weighted by Crippen LogP contribution is -2.25. The van der Waals surface area contributed by atoms with Crippen LogP contribution in [-0.4, -0.2) is 15.0 Å². The van der Waals surface area contributed by atoms with Crippen LogP contribution in [0.15, 0.2) is 21.6 Å². The molecule has 6 heteroatoms. The Kier molecular flexibility index (Phi) is 3.41. The van der Waals surface area contributed by atoms with Gasteiger partial charge in [0.15, 0.2) is 0 Å². The lowest BCUT2D eigenvalue weighted by atomic mass is 9.98. The number of sulfonamides is 1. The van der Waals surface area contributed by atoms with Gasteiger partial charge >= 0.3 is 0 Å². The second kappa shape index (κ2) is 4.92. The molecule has 2 aliphatic carbocycles. The Morgan fingerprint density at radius 2 is 1.89 bits per heavy atom. The first kappa shape index (κ1) is 13.1. The van der Waals surface area contributed by atoms with Crippen LogP contribution in [0.25, 0.3) is 0 Å². The van der Waals surface area contributed by atoms with Crippen LogP contribution in [0.3, 0.4) is 0 Å². The largest absolute Gasteiger partial charge is 0.447 e. The fourth-order valence-electron chi connectivity index (χ4n) is 2.74. The number of nitrogens with one attached hydrogen (secondary N) is 1. The van der Waals surface area contributed by atoms with Gasteiger partial charge in [-0.1, -0.05) is 0 Å². The smallest absolute Gasteiger partial charge is 0.271 e. The Morgan fingerprint density at radius 1 is 1.26 bits per heavy atom. The first-order valence-corrected chi connectivity index (χ1v) is 8.41. The highest BCUT2D eigenvalue weighted by Crippen LogP contribution is 2.48. The summed E-state index contributed by atoms with van der Waals surface area (Å²) in [6, 6.07) is 3.07. The van der Waals surface area contributed by atoms with Crippen LogP contribution in [0.4, 0.5) is 0 Å². The van der Waals surface area contributed by atoms with E-state index in [9.17, 15) is 8.42 Å². The second-order valence-corrected chi connectivity index (χ2v) is 7.23. The monoisotopic (exact) mass is 284 g/mol. The average Bonchev–Trinajstić information content (AvgIpc) is 3.24. The lowest BCUT2D eigenvalue weighted by Gasteiger charge is -2.15. The number of rotatable bonds is 7. The fraction of sp³-hybridized carbons (Fsp3) is 0.692. The van der Waals surface area contributed by atoms with Crippen LogP contribution in [0.5, 0.6) is 0 Å². The van der Waals surface area contributed by atoms with Gasteiger partial charge in [-0.2, -0.15) is 0 Å². The minimum atomic E-state index is -3.72. The topological polar surface area (TPSA) is 85.3 Å². The zero-order valence-electron chi connectivity index (χ0n) is 10.8. The summed E-state index contributed by atoms with van der Waals surface area (Å²) in [5.74, 6) is 3.25. The van der Waals surface area contributed by atoms with E-state index in [4.69, 9.17) is 9.56 Å². The van der Waals surface area contributed by atoms with E-state index in [0.29, 0.717) is 12.3 Å². The van der Waals surface area contributed by atoms with Gasteiger partial charge in [-0.25, -0.2) is 13.6 Å². The minimum Gasteiger partial charge on any atom is -0.447 e. The van der Waals surface area contributed by atoms with E-state index in [1.165, 1.54) is 31.7 Å². The van der Waals surface area contributed by atoms with Gasteiger partial charge in [0, 0.05) is 0 Å². The molecule has 0 amide bonds. The van der Waals surface area contributed by atoms with E-state index in [1.54, 1.807) is 6.07 Å². The number of hydrogen-bond donors (Lipinski definition) is 2. The van der Waals surface area contributed by atoms with E-state index >= 15 is 0 Å². The first-order valence-electron chi connectivity index (χ1n) is 6.86.